The van der Waals surface area contributed by atoms with Crippen molar-refractivity contribution in [2.45, 2.75) is 25.6 Å². The minimum absolute atomic E-state index is 0.135. The standard InChI is InChI=1S/C17H17BrO3/c1-2-20-13-6-3-11(4-7-13)17-10-15(19)14-9-12(18)5-8-16(14)21-17/h3-9,15,17,19H,2,10H2,1H3. The van der Waals surface area contributed by atoms with Crippen LogP contribution >= 0.6 is 15.9 Å². The van der Waals surface area contributed by atoms with Gasteiger partial charge in [0.1, 0.15) is 17.6 Å². The van der Waals surface area contributed by atoms with E-state index in [0.29, 0.717) is 13.0 Å². The summed E-state index contributed by atoms with van der Waals surface area (Å²) in [5.41, 5.74) is 1.89. The summed E-state index contributed by atoms with van der Waals surface area (Å²) in [5, 5.41) is 10.3. The molecule has 0 aromatic heterocycles. The van der Waals surface area contributed by atoms with Crippen molar-refractivity contribution in [3.8, 4) is 11.5 Å². The molecule has 0 spiro atoms. The molecule has 110 valence electrons. The van der Waals surface area contributed by atoms with Crippen LogP contribution in [0.4, 0.5) is 0 Å². The fraction of sp³-hybridized carbons (Fsp3) is 0.294. The molecular formula is C17H17BrO3. The van der Waals surface area contributed by atoms with Gasteiger partial charge >= 0.3 is 0 Å². The van der Waals surface area contributed by atoms with E-state index >= 15 is 0 Å². The molecule has 0 aliphatic carbocycles. The summed E-state index contributed by atoms with van der Waals surface area (Å²) in [7, 11) is 0. The molecule has 0 saturated heterocycles. The monoisotopic (exact) mass is 348 g/mol. The van der Waals surface area contributed by atoms with Gasteiger partial charge in [-0.25, -0.2) is 0 Å². The van der Waals surface area contributed by atoms with Gasteiger partial charge in [0, 0.05) is 16.5 Å². The molecule has 1 aliphatic heterocycles. The van der Waals surface area contributed by atoms with Crippen LogP contribution in [0.5, 0.6) is 11.5 Å². The maximum atomic E-state index is 10.3. The van der Waals surface area contributed by atoms with Crippen LogP contribution < -0.4 is 9.47 Å². The molecule has 1 N–H and O–H groups in total. The van der Waals surface area contributed by atoms with Crippen molar-refractivity contribution in [3.05, 3.63) is 58.1 Å². The van der Waals surface area contributed by atoms with Crippen molar-refractivity contribution < 1.29 is 14.6 Å². The average molecular weight is 349 g/mol. The van der Waals surface area contributed by atoms with E-state index in [0.717, 1.165) is 27.1 Å². The molecule has 2 atom stereocenters. The van der Waals surface area contributed by atoms with E-state index in [2.05, 4.69) is 15.9 Å². The first-order valence-corrected chi connectivity index (χ1v) is 7.83. The lowest BCUT2D eigenvalue weighted by molar-refractivity contribution is 0.0656. The van der Waals surface area contributed by atoms with Crippen molar-refractivity contribution in [2.75, 3.05) is 6.61 Å². The second-order valence-corrected chi connectivity index (χ2v) is 5.96. The van der Waals surface area contributed by atoms with Crippen LogP contribution in [0.2, 0.25) is 0 Å². The Hall–Kier alpha value is -1.52. The molecule has 2 unspecified atom stereocenters. The average Bonchev–Trinajstić information content (AvgIpc) is 2.49. The third-order valence-corrected chi connectivity index (χ3v) is 4.09. The van der Waals surface area contributed by atoms with Gasteiger partial charge in [-0.15, -0.1) is 0 Å². The van der Waals surface area contributed by atoms with Crippen molar-refractivity contribution in [1.29, 1.82) is 0 Å². The Labute approximate surface area is 132 Å². The Morgan fingerprint density at radius 1 is 1.24 bits per heavy atom. The van der Waals surface area contributed by atoms with Crippen molar-refractivity contribution in [3.63, 3.8) is 0 Å². The van der Waals surface area contributed by atoms with Crippen LogP contribution in [0.3, 0.4) is 0 Å². The summed E-state index contributed by atoms with van der Waals surface area (Å²) in [4.78, 5) is 0. The van der Waals surface area contributed by atoms with Gasteiger partial charge in [0.15, 0.2) is 0 Å². The second-order valence-electron chi connectivity index (χ2n) is 5.04. The Kier molecular flexibility index (Phi) is 4.17. The number of halogens is 1. The number of benzene rings is 2. The van der Waals surface area contributed by atoms with Crippen LogP contribution in [0.25, 0.3) is 0 Å². The molecular weight excluding hydrogens is 332 g/mol. The first kappa shape index (κ1) is 14.4. The summed E-state index contributed by atoms with van der Waals surface area (Å²) in [6.07, 6.45) is -0.0931. The number of rotatable bonds is 3. The highest BCUT2D eigenvalue weighted by molar-refractivity contribution is 9.10. The zero-order valence-electron chi connectivity index (χ0n) is 11.8. The predicted octanol–water partition coefficient (Wildman–Crippen LogP) is 4.41. The fourth-order valence-corrected chi connectivity index (χ4v) is 2.95. The molecule has 4 heteroatoms. The number of hydrogen-bond acceptors (Lipinski definition) is 3. The Morgan fingerprint density at radius 2 is 2.00 bits per heavy atom. The molecule has 2 aromatic carbocycles. The van der Waals surface area contributed by atoms with Gasteiger partial charge in [0.05, 0.1) is 12.7 Å². The van der Waals surface area contributed by atoms with Gasteiger partial charge < -0.3 is 14.6 Å². The highest BCUT2D eigenvalue weighted by Gasteiger charge is 2.28. The van der Waals surface area contributed by atoms with Gasteiger partial charge in [-0.1, -0.05) is 28.1 Å². The third-order valence-electron chi connectivity index (χ3n) is 3.60. The topological polar surface area (TPSA) is 38.7 Å². The smallest absolute Gasteiger partial charge is 0.127 e. The third kappa shape index (κ3) is 3.06. The minimum atomic E-state index is -0.511. The van der Waals surface area contributed by atoms with E-state index in [4.69, 9.17) is 9.47 Å². The molecule has 0 radical (unpaired) electrons. The summed E-state index contributed by atoms with van der Waals surface area (Å²) in [5.74, 6) is 1.60. The lowest BCUT2D eigenvalue weighted by Gasteiger charge is -2.30. The van der Waals surface area contributed by atoms with E-state index in [1.807, 2.05) is 49.4 Å². The minimum Gasteiger partial charge on any atom is -0.494 e. The SMILES string of the molecule is CCOc1ccc(C2CC(O)c3cc(Br)ccc3O2)cc1. The molecule has 3 rings (SSSR count). The van der Waals surface area contributed by atoms with Crippen LogP contribution in [0.1, 0.15) is 36.7 Å². The van der Waals surface area contributed by atoms with E-state index in [1.165, 1.54) is 0 Å². The first-order chi connectivity index (χ1) is 10.2. The number of aliphatic hydroxyl groups excluding tert-OH is 1. The van der Waals surface area contributed by atoms with Gasteiger partial charge in [-0.2, -0.15) is 0 Å². The van der Waals surface area contributed by atoms with Crippen LogP contribution in [-0.2, 0) is 0 Å². The summed E-state index contributed by atoms with van der Waals surface area (Å²) in [6, 6.07) is 13.6. The number of aliphatic hydroxyl groups is 1. The maximum absolute atomic E-state index is 10.3. The molecule has 0 amide bonds. The Bertz CT molecular complexity index is 624. The fourth-order valence-electron chi connectivity index (χ4n) is 2.57. The normalized spacial score (nSPS) is 20.5. The van der Waals surface area contributed by atoms with Crippen LogP contribution in [0.15, 0.2) is 46.9 Å². The van der Waals surface area contributed by atoms with Crippen molar-refractivity contribution >= 4 is 15.9 Å². The number of fused-ring (bicyclic) bond motifs is 1. The van der Waals surface area contributed by atoms with E-state index in [9.17, 15) is 5.11 Å². The Morgan fingerprint density at radius 3 is 2.71 bits per heavy atom. The van der Waals surface area contributed by atoms with Gasteiger partial charge in [0.25, 0.3) is 0 Å². The van der Waals surface area contributed by atoms with Gasteiger partial charge in [-0.05, 0) is 42.8 Å². The quantitative estimate of drug-likeness (QED) is 0.892. The lowest BCUT2D eigenvalue weighted by Crippen LogP contribution is -2.19. The van der Waals surface area contributed by atoms with E-state index < -0.39 is 6.10 Å². The van der Waals surface area contributed by atoms with Crippen LogP contribution in [0, 0.1) is 0 Å². The zero-order chi connectivity index (χ0) is 14.8. The first-order valence-electron chi connectivity index (χ1n) is 7.04. The molecule has 21 heavy (non-hydrogen) atoms. The van der Waals surface area contributed by atoms with E-state index in [-0.39, 0.29) is 6.10 Å². The zero-order valence-corrected chi connectivity index (χ0v) is 13.3. The predicted molar refractivity (Wildman–Crippen MR) is 84.7 cm³/mol. The number of ether oxygens (including phenoxy) is 2. The molecule has 3 nitrogen and oxygen atoms in total. The molecule has 0 bridgehead atoms. The largest absolute Gasteiger partial charge is 0.494 e. The highest BCUT2D eigenvalue weighted by Crippen LogP contribution is 2.41. The van der Waals surface area contributed by atoms with Gasteiger partial charge in [-0.3, -0.25) is 0 Å². The summed E-state index contributed by atoms with van der Waals surface area (Å²) < 4.78 is 12.4. The second kappa shape index (κ2) is 6.08. The van der Waals surface area contributed by atoms with Crippen molar-refractivity contribution in [1.82, 2.24) is 0 Å². The van der Waals surface area contributed by atoms with Gasteiger partial charge in [0.2, 0.25) is 0 Å². The lowest BCUT2D eigenvalue weighted by atomic mass is 9.95. The molecule has 0 fully saturated rings. The maximum Gasteiger partial charge on any atom is 0.127 e. The van der Waals surface area contributed by atoms with E-state index in [1.54, 1.807) is 0 Å². The molecule has 1 heterocycles. The molecule has 2 aromatic rings. The Balaban J connectivity index is 1.83. The van der Waals surface area contributed by atoms with Crippen molar-refractivity contribution in [2.24, 2.45) is 0 Å². The summed E-state index contributed by atoms with van der Waals surface area (Å²) in [6.45, 7) is 2.61. The molecule has 0 saturated carbocycles. The molecule has 1 aliphatic rings. The number of hydrogen-bond donors (Lipinski definition) is 1. The highest BCUT2D eigenvalue weighted by atomic mass is 79.9. The van der Waals surface area contributed by atoms with Crippen LogP contribution in [-0.4, -0.2) is 11.7 Å². The summed E-state index contributed by atoms with van der Waals surface area (Å²) >= 11 is 3.42.